The van der Waals surface area contributed by atoms with E-state index in [1.54, 1.807) is 17.8 Å². The summed E-state index contributed by atoms with van der Waals surface area (Å²) in [6, 6.07) is 19.6. The average molecular weight is 423 g/mol. The molecule has 148 valence electrons. The number of hydrogen-bond donors (Lipinski definition) is 1. The molecule has 1 aliphatic heterocycles. The van der Waals surface area contributed by atoms with E-state index >= 15 is 0 Å². The van der Waals surface area contributed by atoms with Gasteiger partial charge in [0.2, 0.25) is 5.91 Å². The Morgan fingerprint density at radius 1 is 1.10 bits per heavy atom. The monoisotopic (exact) mass is 422 g/mol. The molecule has 6 heteroatoms. The summed E-state index contributed by atoms with van der Waals surface area (Å²) in [6.07, 6.45) is 1.99. The lowest BCUT2D eigenvalue weighted by Gasteiger charge is -2.26. The van der Waals surface area contributed by atoms with Crippen LogP contribution in [0.2, 0.25) is 0 Å². The fraction of sp³-hybridized carbons (Fsp3) is 0.217. The molecule has 0 bridgehead atoms. The SMILES string of the molecule is CCCc1ccccc1N1C(=O)CS[C@H]1c1ccc(NC(=O)c2cccs2)cc1. The second-order valence-corrected chi connectivity index (χ2v) is 8.88. The van der Waals surface area contributed by atoms with Gasteiger partial charge in [-0.3, -0.25) is 14.5 Å². The maximum Gasteiger partial charge on any atom is 0.265 e. The van der Waals surface area contributed by atoms with Gasteiger partial charge in [0, 0.05) is 11.4 Å². The highest BCUT2D eigenvalue weighted by atomic mass is 32.2. The molecule has 1 aromatic heterocycles. The Morgan fingerprint density at radius 2 is 1.90 bits per heavy atom. The second kappa shape index (κ2) is 8.84. The zero-order valence-electron chi connectivity index (χ0n) is 16.1. The Bertz CT molecular complexity index is 1000. The number of aryl methyl sites for hydroxylation is 1. The minimum Gasteiger partial charge on any atom is -0.321 e. The third-order valence-electron chi connectivity index (χ3n) is 4.84. The van der Waals surface area contributed by atoms with Gasteiger partial charge in [-0.15, -0.1) is 23.1 Å². The van der Waals surface area contributed by atoms with Crippen LogP contribution in [0.25, 0.3) is 0 Å². The van der Waals surface area contributed by atoms with E-state index in [-0.39, 0.29) is 17.2 Å². The molecule has 4 nitrogen and oxygen atoms in total. The number of carbonyl (C=O) groups excluding carboxylic acids is 2. The van der Waals surface area contributed by atoms with E-state index < -0.39 is 0 Å². The minimum atomic E-state index is -0.103. The van der Waals surface area contributed by atoms with Crippen molar-refractivity contribution in [2.24, 2.45) is 0 Å². The summed E-state index contributed by atoms with van der Waals surface area (Å²) in [5.74, 6) is 0.508. The molecule has 0 saturated carbocycles. The third-order valence-corrected chi connectivity index (χ3v) is 6.92. The number of nitrogens with one attached hydrogen (secondary N) is 1. The van der Waals surface area contributed by atoms with E-state index in [1.807, 2.05) is 58.8 Å². The van der Waals surface area contributed by atoms with Gasteiger partial charge >= 0.3 is 0 Å². The molecule has 3 aromatic rings. The number of thiophene rings is 1. The third kappa shape index (κ3) is 4.23. The van der Waals surface area contributed by atoms with Crippen molar-refractivity contribution in [1.29, 1.82) is 0 Å². The predicted molar refractivity (Wildman–Crippen MR) is 122 cm³/mol. The molecule has 0 radical (unpaired) electrons. The molecule has 29 heavy (non-hydrogen) atoms. The first-order valence-corrected chi connectivity index (χ1v) is 11.6. The molecule has 1 aliphatic rings. The maximum absolute atomic E-state index is 12.7. The van der Waals surface area contributed by atoms with Crippen LogP contribution in [0.1, 0.15) is 39.5 Å². The predicted octanol–water partition coefficient (Wildman–Crippen LogP) is 5.73. The zero-order valence-corrected chi connectivity index (χ0v) is 17.8. The molecule has 0 spiro atoms. The van der Waals surface area contributed by atoms with E-state index in [1.165, 1.54) is 16.9 Å². The number of para-hydroxylation sites is 1. The van der Waals surface area contributed by atoms with Crippen LogP contribution in [0.3, 0.4) is 0 Å². The zero-order chi connectivity index (χ0) is 20.2. The summed E-state index contributed by atoms with van der Waals surface area (Å²) in [7, 11) is 0. The first-order valence-electron chi connectivity index (χ1n) is 9.63. The number of nitrogens with zero attached hydrogens (tertiary/aromatic N) is 1. The number of hydrogen-bond acceptors (Lipinski definition) is 4. The van der Waals surface area contributed by atoms with Gasteiger partial charge < -0.3 is 5.32 Å². The number of thioether (sulfide) groups is 1. The van der Waals surface area contributed by atoms with Gasteiger partial charge in [0.05, 0.1) is 10.6 Å². The standard InChI is InChI=1S/C23H22N2O2S2/c1-2-6-16-7-3-4-8-19(16)25-21(26)15-29-23(25)17-10-12-18(13-11-17)24-22(27)20-9-5-14-28-20/h3-5,7-14,23H,2,6,15H2,1H3,(H,24,27)/t23-/m0/s1. The van der Waals surface area contributed by atoms with Crippen molar-refractivity contribution in [3.63, 3.8) is 0 Å². The molecule has 2 amide bonds. The van der Waals surface area contributed by atoms with Crippen molar-refractivity contribution < 1.29 is 9.59 Å². The Kier molecular flexibility index (Phi) is 6.02. The molecule has 2 aromatic carbocycles. The normalized spacial score (nSPS) is 16.2. The van der Waals surface area contributed by atoms with Crippen LogP contribution in [0.4, 0.5) is 11.4 Å². The lowest BCUT2D eigenvalue weighted by molar-refractivity contribution is -0.115. The maximum atomic E-state index is 12.7. The van der Waals surface area contributed by atoms with E-state index in [9.17, 15) is 9.59 Å². The van der Waals surface area contributed by atoms with Gasteiger partial charge in [-0.25, -0.2) is 0 Å². The lowest BCUT2D eigenvalue weighted by Crippen LogP contribution is -2.28. The van der Waals surface area contributed by atoms with E-state index in [0.717, 1.165) is 29.8 Å². The molecule has 1 fully saturated rings. The van der Waals surface area contributed by atoms with Crippen molar-refractivity contribution >= 4 is 46.3 Å². The molecule has 1 saturated heterocycles. The quantitative estimate of drug-likeness (QED) is 0.552. The minimum absolute atomic E-state index is 0.0532. The second-order valence-electron chi connectivity index (χ2n) is 6.86. The van der Waals surface area contributed by atoms with Crippen molar-refractivity contribution in [3.05, 3.63) is 82.0 Å². The number of benzene rings is 2. The molecule has 1 N–H and O–H groups in total. The molecule has 2 heterocycles. The van der Waals surface area contributed by atoms with Gasteiger partial charge in [0.15, 0.2) is 0 Å². The first kappa shape index (κ1) is 19.7. The smallest absolute Gasteiger partial charge is 0.265 e. The van der Waals surface area contributed by atoms with Crippen molar-refractivity contribution in [2.45, 2.75) is 25.1 Å². The molecule has 1 atom stereocenters. The topological polar surface area (TPSA) is 49.4 Å². The van der Waals surface area contributed by atoms with Crippen molar-refractivity contribution in [1.82, 2.24) is 0 Å². The Hall–Kier alpha value is -2.57. The van der Waals surface area contributed by atoms with Gasteiger partial charge in [0.1, 0.15) is 5.37 Å². The highest BCUT2D eigenvalue weighted by molar-refractivity contribution is 8.00. The molecular formula is C23H22N2O2S2. The van der Waals surface area contributed by atoms with E-state index in [4.69, 9.17) is 0 Å². The van der Waals surface area contributed by atoms with Gasteiger partial charge in [0.25, 0.3) is 5.91 Å². The summed E-state index contributed by atoms with van der Waals surface area (Å²) in [5, 5.41) is 4.76. The Morgan fingerprint density at radius 3 is 2.62 bits per heavy atom. The van der Waals surface area contributed by atoms with Crippen LogP contribution in [0.5, 0.6) is 0 Å². The molecule has 0 unspecified atom stereocenters. The van der Waals surface area contributed by atoms with Crippen LogP contribution in [0, 0.1) is 0 Å². The highest BCUT2D eigenvalue weighted by Crippen LogP contribution is 2.43. The van der Waals surface area contributed by atoms with Gasteiger partial charge in [-0.1, -0.05) is 49.7 Å². The number of anilines is 2. The van der Waals surface area contributed by atoms with Gasteiger partial charge in [-0.2, -0.15) is 0 Å². The summed E-state index contributed by atoms with van der Waals surface area (Å²) in [5.41, 5.74) is 4.01. The van der Waals surface area contributed by atoms with Crippen LogP contribution < -0.4 is 10.2 Å². The van der Waals surface area contributed by atoms with Gasteiger partial charge in [-0.05, 0) is 47.2 Å². The van der Waals surface area contributed by atoms with Crippen LogP contribution in [0.15, 0.2) is 66.0 Å². The Balaban J connectivity index is 1.56. The molecular weight excluding hydrogens is 400 g/mol. The molecule has 0 aliphatic carbocycles. The van der Waals surface area contributed by atoms with Crippen LogP contribution in [-0.2, 0) is 11.2 Å². The number of carbonyl (C=O) groups is 2. The molecule has 4 rings (SSSR count). The average Bonchev–Trinajstić information content (AvgIpc) is 3.40. The van der Waals surface area contributed by atoms with E-state index in [2.05, 4.69) is 18.3 Å². The number of rotatable bonds is 6. The fourth-order valence-electron chi connectivity index (χ4n) is 3.49. The van der Waals surface area contributed by atoms with E-state index in [0.29, 0.717) is 10.6 Å². The summed E-state index contributed by atoms with van der Waals surface area (Å²) in [4.78, 5) is 27.6. The van der Waals surface area contributed by atoms with Crippen molar-refractivity contribution in [3.8, 4) is 0 Å². The van der Waals surface area contributed by atoms with Crippen LogP contribution in [-0.4, -0.2) is 17.6 Å². The summed E-state index contributed by atoms with van der Waals surface area (Å²) < 4.78 is 0. The summed E-state index contributed by atoms with van der Waals surface area (Å²) in [6.45, 7) is 2.15. The van der Waals surface area contributed by atoms with Crippen molar-refractivity contribution in [2.75, 3.05) is 16.0 Å². The Labute approximate surface area is 178 Å². The summed E-state index contributed by atoms with van der Waals surface area (Å²) >= 11 is 3.06. The lowest BCUT2D eigenvalue weighted by atomic mass is 10.1. The fourth-order valence-corrected chi connectivity index (χ4v) is 5.28. The van der Waals surface area contributed by atoms with Crippen LogP contribution >= 0.6 is 23.1 Å². The largest absolute Gasteiger partial charge is 0.321 e. The number of amides is 2. The highest BCUT2D eigenvalue weighted by Gasteiger charge is 2.34. The first-order chi connectivity index (χ1) is 14.2.